The van der Waals surface area contributed by atoms with Gasteiger partial charge < -0.3 is 5.32 Å². The molecule has 1 aliphatic rings. The quantitative estimate of drug-likeness (QED) is 0.528. The number of amides is 1. The number of unbranched alkanes of at least 4 members (excludes halogenated alkanes) is 1. The van der Waals surface area contributed by atoms with Crippen LogP contribution in [0.15, 0.2) is 28.0 Å². The van der Waals surface area contributed by atoms with Crippen molar-refractivity contribution >= 4 is 51.7 Å². The molecule has 2 aromatic rings. The molecular weight excluding hydrogens is 404 g/mol. The molecule has 154 valence electrons. The number of aryl methyl sites for hydroxylation is 1. The van der Waals surface area contributed by atoms with Gasteiger partial charge in [0.05, 0.1) is 10.5 Å². The number of carbonyl (C=O) groups is 1. The van der Waals surface area contributed by atoms with E-state index in [9.17, 15) is 9.59 Å². The van der Waals surface area contributed by atoms with Gasteiger partial charge in [-0.25, -0.2) is 4.98 Å². The van der Waals surface area contributed by atoms with Crippen LogP contribution in [0.25, 0.3) is 11.7 Å². The van der Waals surface area contributed by atoms with Gasteiger partial charge in [-0.15, -0.1) is 0 Å². The Labute approximate surface area is 180 Å². The van der Waals surface area contributed by atoms with E-state index in [-0.39, 0.29) is 11.5 Å². The Balaban J connectivity index is 2.10. The van der Waals surface area contributed by atoms with Crippen molar-refractivity contribution in [2.24, 2.45) is 5.92 Å². The molecule has 1 fully saturated rings. The van der Waals surface area contributed by atoms with E-state index in [1.807, 2.05) is 19.1 Å². The van der Waals surface area contributed by atoms with Crippen molar-refractivity contribution in [3.05, 3.63) is 44.7 Å². The van der Waals surface area contributed by atoms with Crippen LogP contribution in [0.1, 0.15) is 44.7 Å². The van der Waals surface area contributed by atoms with E-state index in [4.69, 9.17) is 17.2 Å². The molecule has 1 saturated heterocycles. The Morgan fingerprint density at radius 3 is 2.79 bits per heavy atom. The zero-order valence-electron chi connectivity index (χ0n) is 17.2. The summed E-state index contributed by atoms with van der Waals surface area (Å²) in [5.74, 6) is 0.737. The van der Waals surface area contributed by atoms with Gasteiger partial charge >= 0.3 is 0 Å². The number of thiocarbonyl (C=S) groups is 1. The van der Waals surface area contributed by atoms with Crippen LogP contribution in [0.3, 0.4) is 0 Å². The third-order valence-corrected chi connectivity index (χ3v) is 6.02. The molecule has 0 spiro atoms. The molecule has 1 N–H and O–H groups in total. The second-order valence-electron chi connectivity index (χ2n) is 7.53. The number of pyridine rings is 1. The molecule has 0 bridgehead atoms. The van der Waals surface area contributed by atoms with Crippen LogP contribution in [0.5, 0.6) is 0 Å². The smallest absolute Gasteiger partial charge is 0.267 e. The summed E-state index contributed by atoms with van der Waals surface area (Å²) in [6.45, 7) is 9.45. The SMILES string of the molecule is CCCCN1C(=O)/C(=C\c2c(NCC(C)C)nc3c(C)cccn3c2=O)SC1=S. The monoisotopic (exact) mass is 430 g/mol. The lowest BCUT2D eigenvalue weighted by atomic mass is 10.2. The lowest BCUT2D eigenvalue weighted by Crippen LogP contribution is -2.29. The maximum absolute atomic E-state index is 13.2. The normalized spacial score (nSPS) is 15.9. The standard InChI is InChI=1S/C21H26N4O2S2/c1-5-6-9-25-20(27)16(29-21(25)28)11-15-17(22-12-13(2)3)23-18-14(4)8-7-10-24(18)19(15)26/h7-8,10-11,13,22H,5-6,9,12H2,1-4H3/b16-11+. The van der Waals surface area contributed by atoms with Crippen LogP contribution in [-0.2, 0) is 4.79 Å². The zero-order valence-corrected chi connectivity index (χ0v) is 18.8. The van der Waals surface area contributed by atoms with E-state index >= 15 is 0 Å². The number of anilines is 1. The van der Waals surface area contributed by atoms with Gasteiger partial charge in [0.1, 0.15) is 15.8 Å². The van der Waals surface area contributed by atoms with E-state index in [2.05, 4.69) is 26.1 Å². The molecular formula is C21H26N4O2S2. The third-order valence-electron chi connectivity index (χ3n) is 4.65. The summed E-state index contributed by atoms with van der Waals surface area (Å²) in [6, 6.07) is 3.74. The molecule has 0 saturated carbocycles. The first-order valence-corrected chi connectivity index (χ1v) is 11.1. The van der Waals surface area contributed by atoms with Crippen molar-refractivity contribution in [3.63, 3.8) is 0 Å². The minimum Gasteiger partial charge on any atom is -0.369 e. The number of fused-ring (bicyclic) bond motifs is 1. The van der Waals surface area contributed by atoms with Gasteiger partial charge in [-0.05, 0) is 37.0 Å². The fraction of sp³-hybridized carbons (Fsp3) is 0.429. The van der Waals surface area contributed by atoms with Gasteiger partial charge in [-0.2, -0.15) is 0 Å². The molecule has 8 heteroatoms. The Morgan fingerprint density at radius 2 is 2.10 bits per heavy atom. The van der Waals surface area contributed by atoms with Crippen LogP contribution in [0.4, 0.5) is 5.82 Å². The highest BCUT2D eigenvalue weighted by molar-refractivity contribution is 8.26. The molecule has 0 unspecified atom stereocenters. The minimum absolute atomic E-state index is 0.142. The summed E-state index contributed by atoms with van der Waals surface area (Å²) in [7, 11) is 0. The van der Waals surface area contributed by atoms with Crippen molar-refractivity contribution < 1.29 is 4.79 Å². The molecule has 6 nitrogen and oxygen atoms in total. The summed E-state index contributed by atoms with van der Waals surface area (Å²) in [4.78, 5) is 32.9. The number of rotatable bonds is 7. The first-order valence-electron chi connectivity index (χ1n) is 9.84. The van der Waals surface area contributed by atoms with Crippen molar-refractivity contribution in [1.29, 1.82) is 0 Å². The van der Waals surface area contributed by atoms with E-state index in [1.54, 1.807) is 17.2 Å². The highest BCUT2D eigenvalue weighted by atomic mass is 32.2. The van der Waals surface area contributed by atoms with E-state index in [0.29, 0.717) is 45.3 Å². The minimum atomic E-state index is -0.205. The Morgan fingerprint density at radius 1 is 1.34 bits per heavy atom. The number of aromatic nitrogens is 2. The summed E-state index contributed by atoms with van der Waals surface area (Å²) >= 11 is 6.62. The van der Waals surface area contributed by atoms with Crippen LogP contribution >= 0.6 is 24.0 Å². The molecule has 1 amide bonds. The molecule has 0 aliphatic carbocycles. The number of nitrogens with zero attached hydrogens (tertiary/aromatic N) is 3. The van der Waals surface area contributed by atoms with Crippen molar-refractivity contribution in [2.45, 2.75) is 40.5 Å². The van der Waals surface area contributed by atoms with Crippen molar-refractivity contribution in [2.75, 3.05) is 18.4 Å². The summed E-state index contributed by atoms with van der Waals surface area (Å²) in [5, 5.41) is 3.28. The van der Waals surface area contributed by atoms with Crippen LogP contribution in [0, 0.1) is 12.8 Å². The van der Waals surface area contributed by atoms with E-state index < -0.39 is 0 Å². The predicted octanol–water partition coefficient (Wildman–Crippen LogP) is 4.07. The Hall–Kier alpha value is -2.19. The Kier molecular flexibility index (Phi) is 6.74. The van der Waals surface area contributed by atoms with Gasteiger partial charge in [0.15, 0.2) is 0 Å². The average Bonchev–Trinajstić information content (AvgIpc) is 2.94. The lowest BCUT2D eigenvalue weighted by Gasteiger charge is -2.14. The molecule has 2 aromatic heterocycles. The number of hydrogen-bond acceptors (Lipinski definition) is 6. The van der Waals surface area contributed by atoms with Crippen LogP contribution in [-0.4, -0.2) is 37.6 Å². The molecule has 29 heavy (non-hydrogen) atoms. The highest BCUT2D eigenvalue weighted by Gasteiger charge is 2.32. The third kappa shape index (κ3) is 4.53. The first kappa shape index (κ1) is 21.5. The zero-order chi connectivity index (χ0) is 21.1. The van der Waals surface area contributed by atoms with Crippen LogP contribution in [0.2, 0.25) is 0 Å². The maximum Gasteiger partial charge on any atom is 0.267 e. The van der Waals surface area contributed by atoms with Gasteiger partial charge in [0, 0.05) is 19.3 Å². The molecule has 3 rings (SSSR count). The van der Waals surface area contributed by atoms with E-state index in [0.717, 1.165) is 18.4 Å². The van der Waals surface area contributed by atoms with E-state index in [1.165, 1.54) is 16.2 Å². The molecule has 0 radical (unpaired) electrons. The second kappa shape index (κ2) is 9.09. The number of carbonyl (C=O) groups excluding carboxylic acids is 1. The largest absolute Gasteiger partial charge is 0.369 e. The first-order chi connectivity index (χ1) is 13.8. The summed E-state index contributed by atoms with van der Waals surface area (Å²) in [6.07, 6.45) is 5.21. The van der Waals surface area contributed by atoms with Gasteiger partial charge in [0.2, 0.25) is 0 Å². The van der Waals surface area contributed by atoms with Gasteiger partial charge in [-0.1, -0.05) is 57.2 Å². The van der Waals surface area contributed by atoms with Gasteiger partial charge in [0.25, 0.3) is 11.5 Å². The van der Waals surface area contributed by atoms with Crippen LogP contribution < -0.4 is 10.9 Å². The highest BCUT2D eigenvalue weighted by Crippen LogP contribution is 2.33. The van der Waals surface area contributed by atoms with Crippen molar-refractivity contribution in [1.82, 2.24) is 14.3 Å². The Bertz CT molecular complexity index is 1040. The molecule has 1 aliphatic heterocycles. The second-order valence-corrected chi connectivity index (χ2v) is 9.20. The van der Waals surface area contributed by atoms with Crippen molar-refractivity contribution in [3.8, 4) is 0 Å². The summed E-state index contributed by atoms with van der Waals surface area (Å²) in [5.41, 5.74) is 1.69. The maximum atomic E-state index is 13.2. The fourth-order valence-corrected chi connectivity index (χ4v) is 4.31. The number of hydrogen-bond donors (Lipinski definition) is 1. The number of thioether (sulfide) groups is 1. The summed E-state index contributed by atoms with van der Waals surface area (Å²) < 4.78 is 2.07. The predicted molar refractivity (Wildman–Crippen MR) is 124 cm³/mol. The molecule has 0 aromatic carbocycles. The molecule has 3 heterocycles. The topological polar surface area (TPSA) is 66.7 Å². The van der Waals surface area contributed by atoms with Gasteiger partial charge in [-0.3, -0.25) is 18.9 Å². The number of nitrogens with one attached hydrogen (secondary N) is 1. The molecule has 0 atom stereocenters. The lowest BCUT2D eigenvalue weighted by molar-refractivity contribution is -0.122. The average molecular weight is 431 g/mol. The fourth-order valence-electron chi connectivity index (χ4n) is 3.02.